The number of hydrogen-bond acceptors (Lipinski definition) is 1. The number of nitrogens with one attached hydrogen (secondary N) is 1. The monoisotopic (exact) mass is 521 g/mol. The van der Waals surface area contributed by atoms with Gasteiger partial charge in [-0.3, -0.25) is 0 Å². The molecule has 0 bridgehead atoms. The minimum Gasteiger partial charge on any atom is -0.379 e. The van der Waals surface area contributed by atoms with E-state index >= 15 is 0 Å². The van der Waals surface area contributed by atoms with Gasteiger partial charge in [-0.15, -0.1) is 0 Å². The zero-order valence-corrected chi connectivity index (χ0v) is 23.9. The van der Waals surface area contributed by atoms with Crippen molar-refractivity contribution in [1.82, 2.24) is 5.32 Å². The van der Waals surface area contributed by atoms with Gasteiger partial charge in [-0.2, -0.15) is 0 Å². The number of allylic oxidation sites excluding steroid dienone is 5. The maximum atomic E-state index is 13.7. The van der Waals surface area contributed by atoms with E-state index in [1.807, 2.05) is 18.2 Å². The lowest BCUT2D eigenvalue weighted by Gasteiger charge is -2.52. The van der Waals surface area contributed by atoms with Gasteiger partial charge in [0.25, 0.3) is 0 Å². The maximum Gasteiger partial charge on any atom is 0.123 e. The minimum atomic E-state index is -0.184. The molecule has 0 heterocycles. The molecule has 2 aromatic rings. The Morgan fingerprint density at radius 1 is 1.00 bits per heavy atom. The molecular formula is C37H44FN. The van der Waals surface area contributed by atoms with Crippen molar-refractivity contribution in [2.75, 3.05) is 0 Å². The van der Waals surface area contributed by atoms with Crippen LogP contribution in [0.4, 0.5) is 4.39 Å². The van der Waals surface area contributed by atoms with Crippen LogP contribution in [-0.4, -0.2) is 0 Å². The molecule has 3 saturated carbocycles. The normalized spacial score (nSPS) is 19.8. The van der Waals surface area contributed by atoms with Crippen LogP contribution in [0.3, 0.4) is 0 Å². The van der Waals surface area contributed by atoms with E-state index in [0.717, 1.165) is 29.2 Å². The van der Waals surface area contributed by atoms with Gasteiger partial charge in [-0.05, 0) is 103 Å². The zero-order valence-electron chi connectivity index (χ0n) is 23.9. The highest BCUT2D eigenvalue weighted by atomic mass is 19.1. The van der Waals surface area contributed by atoms with Gasteiger partial charge < -0.3 is 5.32 Å². The van der Waals surface area contributed by atoms with Crippen LogP contribution >= 0.6 is 0 Å². The molecule has 0 radical (unpaired) electrons. The van der Waals surface area contributed by atoms with Crippen molar-refractivity contribution in [3.63, 3.8) is 0 Å². The molecule has 1 unspecified atom stereocenters. The lowest BCUT2D eigenvalue weighted by molar-refractivity contribution is 0.0814. The van der Waals surface area contributed by atoms with E-state index in [4.69, 9.17) is 0 Å². The molecule has 1 spiro atoms. The first-order valence-electron chi connectivity index (χ1n) is 14.9. The standard InChI is InChI=1S/C37H44FN/c1-5-28(22-29-10-7-8-11-29)23-30(6-2)26(3)39-27(4)31-12-14-32(15-13-31)36(33-16-18-35(38)19-17-33)34-24-37(25-34)20-9-21-37/h5-6,12-19,23,27,29,39H,1,3,7-11,20-22,24-25H2,2,4H3/b28-23+,30-6+. The summed E-state index contributed by atoms with van der Waals surface area (Å²) in [5, 5.41) is 3.63. The van der Waals surface area contributed by atoms with Crippen LogP contribution in [0.1, 0.15) is 101 Å². The third kappa shape index (κ3) is 6.21. The highest BCUT2D eigenvalue weighted by Crippen LogP contribution is 2.60. The Labute approximate surface area is 235 Å². The lowest BCUT2D eigenvalue weighted by atomic mass is 9.53. The van der Waals surface area contributed by atoms with Gasteiger partial charge >= 0.3 is 0 Å². The Bertz CT molecular complexity index is 1270. The number of halogens is 1. The molecule has 3 fully saturated rings. The summed E-state index contributed by atoms with van der Waals surface area (Å²) in [6.07, 6.45) is 19.4. The van der Waals surface area contributed by atoms with Gasteiger partial charge in [0.2, 0.25) is 0 Å². The summed E-state index contributed by atoms with van der Waals surface area (Å²) in [4.78, 5) is 0. The van der Waals surface area contributed by atoms with Crippen LogP contribution in [0, 0.1) is 17.2 Å². The SMILES string of the molecule is C=C/C(=C\C(=C/C)C(=C)NC(C)c1ccc(C(=C2CC3(CCC3)C2)c2ccc(F)cc2)cc1)CC1CCCC1. The average molecular weight is 522 g/mol. The quantitative estimate of drug-likeness (QED) is 0.307. The number of rotatable bonds is 10. The summed E-state index contributed by atoms with van der Waals surface area (Å²) in [7, 11) is 0. The van der Waals surface area contributed by atoms with Crippen LogP contribution in [0.15, 0.2) is 102 Å². The van der Waals surface area contributed by atoms with Crippen molar-refractivity contribution in [3.05, 3.63) is 125 Å². The molecule has 5 rings (SSSR count). The molecule has 1 N–H and O–H groups in total. The van der Waals surface area contributed by atoms with Crippen LogP contribution in [0.25, 0.3) is 5.57 Å². The first-order valence-corrected chi connectivity index (χ1v) is 14.9. The Hall–Kier alpha value is -3.13. The van der Waals surface area contributed by atoms with E-state index < -0.39 is 0 Å². The molecule has 0 aliphatic heterocycles. The smallest absolute Gasteiger partial charge is 0.123 e. The van der Waals surface area contributed by atoms with Gasteiger partial charge in [-0.25, -0.2) is 4.39 Å². The Morgan fingerprint density at radius 3 is 2.15 bits per heavy atom. The summed E-state index contributed by atoms with van der Waals surface area (Å²) in [6.45, 7) is 12.7. The number of benzene rings is 2. The summed E-state index contributed by atoms with van der Waals surface area (Å²) < 4.78 is 13.7. The van der Waals surface area contributed by atoms with E-state index in [9.17, 15) is 4.39 Å². The average Bonchev–Trinajstić information content (AvgIpc) is 3.41. The third-order valence-corrected chi connectivity index (χ3v) is 9.43. The Balaban J connectivity index is 1.29. The van der Waals surface area contributed by atoms with Gasteiger partial charge in [0.15, 0.2) is 0 Å². The molecule has 0 amide bonds. The molecule has 0 saturated heterocycles. The Morgan fingerprint density at radius 2 is 1.62 bits per heavy atom. The summed E-state index contributed by atoms with van der Waals surface area (Å²) in [5.41, 5.74) is 10.3. The van der Waals surface area contributed by atoms with Crippen LogP contribution < -0.4 is 5.32 Å². The molecule has 204 valence electrons. The first-order chi connectivity index (χ1) is 18.9. The van der Waals surface area contributed by atoms with Crippen LogP contribution in [0.2, 0.25) is 0 Å². The van der Waals surface area contributed by atoms with Gasteiger partial charge in [0, 0.05) is 11.7 Å². The van der Waals surface area contributed by atoms with Gasteiger partial charge in [-0.1, -0.05) is 105 Å². The third-order valence-electron chi connectivity index (χ3n) is 9.43. The fourth-order valence-electron chi connectivity index (χ4n) is 6.91. The molecule has 2 heteroatoms. The summed E-state index contributed by atoms with van der Waals surface area (Å²) in [6, 6.07) is 16.1. The van der Waals surface area contributed by atoms with E-state index in [1.54, 1.807) is 12.1 Å². The van der Waals surface area contributed by atoms with E-state index in [2.05, 4.69) is 68.7 Å². The van der Waals surface area contributed by atoms with Crippen molar-refractivity contribution in [3.8, 4) is 0 Å². The van der Waals surface area contributed by atoms with Gasteiger partial charge in [0.05, 0.1) is 0 Å². The highest BCUT2D eigenvalue weighted by Gasteiger charge is 2.46. The summed E-state index contributed by atoms with van der Waals surface area (Å²) >= 11 is 0. The summed E-state index contributed by atoms with van der Waals surface area (Å²) in [5.74, 6) is 0.608. The van der Waals surface area contributed by atoms with E-state index in [1.165, 1.54) is 85.6 Å². The number of hydrogen-bond donors (Lipinski definition) is 1. The van der Waals surface area contributed by atoms with Crippen molar-refractivity contribution in [2.45, 2.75) is 84.1 Å². The fourth-order valence-corrected chi connectivity index (χ4v) is 6.91. The molecule has 2 aromatic carbocycles. The molecule has 0 aromatic heterocycles. The largest absolute Gasteiger partial charge is 0.379 e. The zero-order chi connectivity index (χ0) is 27.4. The molecule has 1 nitrogen and oxygen atoms in total. The van der Waals surface area contributed by atoms with Gasteiger partial charge in [0.1, 0.15) is 5.82 Å². The second-order valence-electron chi connectivity index (χ2n) is 12.2. The lowest BCUT2D eigenvalue weighted by Crippen LogP contribution is -2.38. The second kappa shape index (κ2) is 11.9. The van der Waals surface area contributed by atoms with Crippen molar-refractivity contribution < 1.29 is 4.39 Å². The molecular weight excluding hydrogens is 477 g/mol. The molecule has 39 heavy (non-hydrogen) atoms. The first kappa shape index (κ1) is 27.4. The fraction of sp³-hybridized carbons (Fsp3) is 0.405. The highest BCUT2D eigenvalue weighted by molar-refractivity contribution is 5.83. The van der Waals surface area contributed by atoms with E-state index in [0.29, 0.717) is 5.41 Å². The van der Waals surface area contributed by atoms with Crippen LogP contribution in [-0.2, 0) is 0 Å². The topological polar surface area (TPSA) is 12.0 Å². The minimum absolute atomic E-state index is 0.126. The maximum absolute atomic E-state index is 13.7. The van der Waals surface area contributed by atoms with Crippen molar-refractivity contribution in [2.24, 2.45) is 11.3 Å². The predicted octanol–water partition coefficient (Wildman–Crippen LogP) is 10.4. The predicted molar refractivity (Wildman–Crippen MR) is 164 cm³/mol. The molecule has 3 aliphatic rings. The second-order valence-corrected chi connectivity index (χ2v) is 12.2. The molecule has 3 aliphatic carbocycles. The van der Waals surface area contributed by atoms with Crippen molar-refractivity contribution in [1.29, 1.82) is 0 Å². The van der Waals surface area contributed by atoms with Crippen molar-refractivity contribution >= 4 is 5.57 Å². The van der Waals surface area contributed by atoms with E-state index in [-0.39, 0.29) is 11.9 Å². The Kier molecular flexibility index (Phi) is 8.40. The molecule has 1 atom stereocenters. The van der Waals surface area contributed by atoms with Crippen LogP contribution in [0.5, 0.6) is 0 Å².